The third kappa shape index (κ3) is 3.84. The molecule has 0 atom stereocenters. The highest BCUT2D eigenvalue weighted by Crippen LogP contribution is 2.35. The lowest BCUT2D eigenvalue weighted by Gasteiger charge is -2.31. The first-order valence-corrected chi connectivity index (χ1v) is 19.4. The van der Waals surface area contributed by atoms with E-state index < -0.39 is 8.07 Å². The molecular weight excluding hydrogens is 637 g/mol. The van der Waals surface area contributed by atoms with Gasteiger partial charge < -0.3 is 0 Å². The van der Waals surface area contributed by atoms with E-state index in [1.54, 1.807) is 0 Å². The summed E-state index contributed by atoms with van der Waals surface area (Å²) in [4.78, 5) is 9.71. The van der Waals surface area contributed by atoms with Crippen LogP contribution in [0, 0.1) is 0 Å². The number of fused-ring (bicyclic) bond motifs is 9. The van der Waals surface area contributed by atoms with E-state index >= 15 is 0 Å². The summed E-state index contributed by atoms with van der Waals surface area (Å²) < 4.78 is 4.68. The first-order valence-electron chi connectivity index (χ1n) is 17.4. The molecule has 1 aliphatic heterocycles. The highest BCUT2D eigenvalue weighted by molar-refractivity contribution is 7.22. The van der Waals surface area contributed by atoms with E-state index in [9.17, 15) is 0 Å². The van der Waals surface area contributed by atoms with Crippen LogP contribution in [0.2, 0.25) is 0 Å². The number of hydrogen-bond donors (Lipinski definition) is 0. The van der Waals surface area contributed by atoms with Crippen molar-refractivity contribution in [2.24, 2.45) is 0 Å². The van der Waals surface area contributed by atoms with E-state index in [4.69, 9.17) is 9.97 Å². The van der Waals surface area contributed by atoms with E-state index in [0.29, 0.717) is 0 Å². The van der Waals surface area contributed by atoms with Crippen LogP contribution in [-0.4, -0.2) is 27.2 Å². The van der Waals surface area contributed by atoms with Gasteiger partial charge in [-0.25, -0.2) is 9.97 Å². The fourth-order valence-corrected chi connectivity index (χ4v) is 14.1. The van der Waals surface area contributed by atoms with Gasteiger partial charge in [-0.05, 0) is 80.4 Å². The average Bonchev–Trinajstić information content (AvgIpc) is 3.82. The molecule has 0 radical (unpaired) electrons. The molecule has 0 N–H and O–H groups in total. The lowest BCUT2D eigenvalue weighted by Crippen LogP contribution is -2.72. The lowest BCUT2D eigenvalue weighted by atomic mass is 10.1. The minimum absolute atomic E-state index is 0.921. The van der Waals surface area contributed by atoms with Crippen LogP contribution >= 0.6 is 0 Å². The molecule has 0 unspecified atom stereocenters. The molecule has 0 aliphatic carbocycles. The maximum absolute atomic E-state index is 4.86. The van der Waals surface area contributed by atoms with Gasteiger partial charge in [-0.3, -0.25) is 9.13 Å². The molecule has 0 bridgehead atoms. The van der Waals surface area contributed by atoms with Gasteiger partial charge in [0.05, 0.1) is 22.1 Å². The Balaban J connectivity index is 1.29. The van der Waals surface area contributed by atoms with Gasteiger partial charge in [-0.1, -0.05) is 121 Å². The van der Waals surface area contributed by atoms with E-state index in [1.807, 2.05) is 24.5 Å². The highest BCUT2D eigenvalue weighted by atomic mass is 28.3. The van der Waals surface area contributed by atoms with Crippen molar-refractivity contribution in [1.29, 1.82) is 0 Å². The molecule has 0 amide bonds. The fourth-order valence-electron chi connectivity index (χ4n) is 8.90. The van der Waals surface area contributed by atoms with Crippen LogP contribution in [0.4, 0.5) is 0 Å². The van der Waals surface area contributed by atoms with Gasteiger partial charge in [0.1, 0.15) is 11.6 Å². The highest BCUT2D eigenvalue weighted by Gasteiger charge is 2.49. The van der Waals surface area contributed by atoms with Gasteiger partial charge in [-0.15, -0.1) is 0 Å². The topological polar surface area (TPSA) is 35.6 Å². The molecule has 0 spiro atoms. The van der Waals surface area contributed by atoms with Crippen LogP contribution in [0.1, 0.15) is 0 Å². The van der Waals surface area contributed by atoms with E-state index in [2.05, 4.69) is 167 Å². The van der Waals surface area contributed by atoms with Crippen molar-refractivity contribution in [3.8, 4) is 22.8 Å². The standard InChI is InChI=1S/C46H30N4Si/c1-5-17-39-33(13-1)35-25-23-31(29-41(35)49(39)45-21-9-11-27-47-45)51(43-19-7-3-15-37(43)38-16-4-8-20-44(38)51)32-24-26-36-34-14-2-6-18-40(34)50(42(36)30-32)46-22-10-12-28-48-46/h1-30H. The largest absolute Gasteiger partial charge is 0.294 e. The molecule has 5 heterocycles. The maximum Gasteiger partial charge on any atom is 0.181 e. The first-order chi connectivity index (χ1) is 25.3. The van der Waals surface area contributed by atoms with Gasteiger partial charge in [0.2, 0.25) is 0 Å². The molecule has 6 aromatic carbocycles. The van der Waals surface area contributed by atoms with Crippen molar-refractivity contribution in [3.63, 3.8) is 0 Å². The van der Waals surface area contributed by atoms with Crippen LogP contribution in [0.5, 0.6) is 0 Å². The summed E-state index contributed by atoms with van der Waals surface area (Å²) in [7, 11) is -2.87. The first kappa shape index (κ1) is 28.3. The molecule has 0 saturated heterocycles. The molecule has 0 saturated carbocycles. The summed E-state index contributed by atoms with van der Waals surface area (Å²) in [5.74, 6) is 1.84. The van der Waals surface area contributed by atoms with E-state index in [0.717, 1.165) is 22.7 Å². The molecule has 10 aromatic rings. The monoisotopic (exact) mass is 666 g/mol. The van der Waals surface area contributed by atoms with Crippen LogP contribution in [-0.2, 0) is 0 Å². The lowest BCUT2D eigenvalue weighted by molar-refractivity contribution is 1.08. The van der Waals surface area contributed by atoms with Crippen LogP contribution in [0.15, 0.2) is 182 Å². The SMILES string of the molecule is c1ccc(-n2c3ccccc3c3ccc([Si]4(c5ccc6c7ccccc7n(-c7ccccn7)c6c5)c5ccccc5-c5ccccc54)cc32)nc1. The fraction of sp³-hybridized carbons (Fsp3) is 0. The van der Waals surface area contributed by atoms with Crippen LogP contribution in [0.3, 0.4) is 0 Å². The van der Waals surface area contributed by atoms with Gasteiger partial charge in [0.25, 0.3) is 0 Å². The third-order valence-electron chi connectivity index (χ3n) is 10.9. The number of hydrogen-bond acceptors (Lipinski definition) is 2. The molecule has 238 valence electrons. The Labute approximate surface area is 295 Å². The van der Waals surface area contributed by atoms with Crippen molar-refractivity contribution in [2.45, 2.75) is 0 Å². The van der Waals surface area contributed by atoms with Crippen LogP contribution < -0.4 is 20.7 Å². The summed E-state index contributed by atoms with van der Waals surface area (Å²) in [6.45, 7) is 0. The smallest absolute Gasteiger partial charge is 0.181 e. The average molecular weight is 667 g/mol. The third-order valence-corrected chi connectivity index (χ3v) is 15.8. The minimum Gasteiger partial charge on any atom is -0.294 e. The predicted octanol–water partition coefficient (Wildman–Crippen LogP) is 8.03. The summed E-state index contributed by atoms with van der Waals surface area (Å²) in [5, 5.41) is 10.5. The predicted molar refractivity (Wildman–Crippen MR) is 213 cm³/mol. The van der Waals surface area contributed by atoms with Gasteiger partial charge in [0, 0.05) is 33.9 Å². The molecular formula is C46H30N4Si. The van der Waals surface area contributed by atoms with Crippen LogP contribution in [0.25, 0.3) is 66.4 Å². The summed E-state index contributed by atoms with van der Waals surface area (Å²) in [6.07, 6.45) is 3.77. The van der Waals surface area contributed by atoms with Gasteiger partial charge in [-0.2, -0.15) is 0 Å². The number of rotatable bonds is 4. The minimum atomic E-state index is -2.87. The van der Waals surface area contributed by atoms with Crippen molar-refractivity contribution < 1.29 is 0 Å². The zero-order valence-corrected chi connectivity index (χ0v) is 28.6. The van der Waals surface area contributed by atoms with Gasteiger partial charge in [0.15, 0.2) is 8.07 Å². The zero-order chi connectivity index (χ0) is 33.5. The second kappa shape index (κ2) is 10.7. The zero-order valence-electron chi connectivity index (χ0n) is 27.6. The molecule has 4 aromatic heterocycles. The Morgan fingerprint density at radius 3 is 1.24 bits per heavy atom. The molecule has 5 heteroatoms. The summed E-state index contributed by atoms with van der Waals surface area (Å²) in [6, 6.07) is 62.4. The Morgan fingerprint density at radius 2 is 0.765 bits per heavy atom. The Kier molecular flexibility index (Phi) is 5.95. The Morgan fingerprint density at radius 1 is 0.353 bits per heavy atom. The van der Waals surface area contributed by atoms with E-state index in [-0.39, 0.29) is 0 Å². The normalized spacial score (nSPS) is 13.3. The van der Waals surface area contributed by atoms with Crippen molar-refractivity contribution in [1.82, 2.24) is 19.1 Å². The quantitative estimate of drug-likeness (QED) is 0.178. The summed E-state index contributed by atoms with van der Waals surface area (Å²) >= 11 is 0. The maximum atomic E-state index is 4.86. The van der Waals surface area contributed by atoms with Crippen molar-refractivity contribution in [2.75, 3.05) is 0 Å². The molecule has 0 fully saturated rings. The van der Waals surface area contributed by atoms with Crippen molar-refractivity contribution >= 4 is 72.4 Å². The second-order valence-electron chi connectivity index (χ2n) is 13.4. The van der Waals surface area contributed by atoms with Crippen molar-refractivity contribution in [3.05, 3.63) is 182 Å². The molecule has 11 rings (SSSR count). The molecule has 4 nitrogen and oxygen atoms in total. The van der Waals surface area contributed by atoms with Gasteiger partial charge >= 0.3 is 0 Å². The summed E-state index contributed by atoms with van der Waals surface area (Å²) in [5.41, 5.74) is 7.32. The number of pyridine rings is 2. The van der Waals surface area contributed by atoms with E-state index in [1.165, 1.54) is 64.5 Å². The number of benzene rings is 6. The number of nitrogens with zero attached hydrogens (tertiary/aromatic N) is 4. The molecule has 1 aliphatic rings. The Bertz CT molecular complexity index is 2770. The number of para-hydroxylation sites is 2. The second-order valence-corrected chi connectivity index (χ2v) is 17.1. The Hall–Kier alpha value is -6.56. The molecule has 51 heavy (non-hydrogen) atoms. The number of aromatic nitrogens is 4.